The van der Waals surface area contributed by atoms with Crippen LogP contribution in [0.4, 0.5) is 0 Å². The first-order valence-electron chi connectivity index (χ1n) is 6.38. The average molecular weight is 236 g/mol. The highest BCUT2D eigenvalue weighted by atomic mass is 16.5. The molecule has 0 aromatic carbocycles. The van der Waals surface area contributed by atoms with Gasteiger partial charge in [0.05, 0.1) is 31.3 Å². The normalized spacial score (nSPS) is 25.8. The lowest BCUT2D eigenvalue weighted by atomic mass is 10.0. The maximum Gasteiger partial charge on any atom is 0.0949 e. The first kappa shape index (κ1) is 11.2. The Morgan fingerprint density at radius 1 is 1.47 bits per heavy atom. The minimum atomic E-state index is 0.387. The molecule has 0 spiro atoms. The summed E-state index contributed by atoms with van der Waals surface area (Å²) in [6, 6.07) is 0.387. The van der Waals surface area contributed by atoms with Gasteiger partial charge in [-0.05, 0) is 0 Å². The Hall–Kier alpha value is -0.910. The maximum atomic E-state index is 5.38. The number of hydrogen-bond acceptors (Lipinski definition) is 4. The third-order valence-electron chi connectivity index (χ3n) is 3.72. The number of aromatic nitrogens is 2. The summed E-state index contributed by atoms with van der Waals surface area (Å²) < 4.78 is 7.54. The van der Waals surface area contributed by atoms with Crippen LogP contribution in [0.5, 0.6) is 0 Å². The van der Waals surface area contributed by atoms with Crippen molar-refractivity contribution in [1.29, 1.82) is 0 Å². The molecule has 17 heavy (non-hydrogen) atoms. The van der Waals surface area contributed by atoms with Crippen LogP contribution >= 0.6 is 0 Å². The van der Waals surface area contributed by atoms with Crippen molar-refractivity contribution in [3.8, 4) is 0 Å². The fraction of sp³-hybridized carbons (Fsp3) is 0.750. The standard InChI is InChI=1S/C12H20N4O/c1-15-9-14-12-10(13-3-2-11(12)15)8-16-4-6-17-7-5-16/h9-10,13H,2-8H2,1H3/t10-/m0/s1. The van der Waals surface area contributed by atoms with Crippen LogP contribution in [0.2, 0.25) is 0 Å². The number of morpholine rings is 1. The molecule has 1 aromatic rings. The average Bonchev–Trinajstić information content (AvgIpc) is 2.74. The molecule has 1 aromatic heterocycles. The van der Waals surface area contributed by atoms with E-state index in [2.05, 4.69) is 26.8 Å². The largest absolute Gasteiger partial charge is 0.379 e. The van der Waals surface area contributed by atoms with Crippen molar-refractivity contribution in [2.24, 2.45) is 7.05 Å². The van der Waals surface area contributed by atoms with Crippen molar-refractivity contribution < 1.29 is 4.74 Å². The zero-order valence-corrected chi connectivity index (χ0v) is 10.4. The fourth-order valence-corrected chi connectivity index (χ4v) is 2.72. The molecule has 2 aliphatic heterocycles. The summed E-state index contributed by atoms with van der Waals surface area (Å²) in [5.74, 6) is 0. The monoisotopic (exact) mass is 236 g/mol. The Kier molecular flexibility index (Phi) is 3.13. The third kappa shape index (κ3) is 2.22. The van der Waals surface area contributed by atoms with Crippen LogP contribution in [-0.2, 0) is 18.2 Å². The van der Waals surface area contributed by atoms with Crippen LogP contribution < -0.4 is 5.32 Å². The topological polar surface area (TPSA) is 42.3 Å². The Balaban J connectivity index is 1.71. The Morgan fingerprint density at radius 3 is 3.12 bits per heavy atom. The van der Waals surface area contributed by atoms with E-state index >= 15 is 0 Å². The molecule has 0 bridgehead atoms. The summed E-state index contributed by atoms with van der Waals surface area (Å²) in [6.07, 6.45) is 3.02. The molecule has 0 aliphatic carbocycles. The first-order chi connectivity index (χ1) is 8.34. The fourth-order valence-electron chi connectivity index (χ4n) is 2.72. The minimum Gasteiger partial charge on any atom is -0.379 e. The molecule has 5 nitrogen and oxygen atoms in total. The summed E-state index contributed by atoms with van der Waals surface area (Å²) in [6.45, 7) is 5.92. The van der Waals surface area contributed by atoms with Crippen LogP contribution in [0.3, 0.4) is 0 Å². The Bertz CT molecular complexity index is 384. The van der Waals surface area contributed by atoms with Gasteiger partial charge in [0.15, 0.2) is 0 Å². The molecule has 0 saturated carbocycles. The molecule has 3 heterocycles. The first-order valence-corrected chi connectivity index (χ1v) is 6.38. The number of nitrogens with zero attached hydrogens (tertiary/aromatic N) is 3. The zero-order valence-electron chi connectivity index (χ0n) is 10.4. The van der Waals surface area contributed by atoms with Crippen LogP contribution in [0.1, 0.15) is 17.4 Å². The second-order valence-corrected chi connectivity index (χ2v) is 4.86. The van der Waals surface area contributed by atoms with Crippen molar-refractivity contribution >= 4 is 0 Å². The molecule has 94 valence electrons. The summed E-state index contributed by atoms with van der Waals surface area (Å²) >= 11 is 0. The number of imidazole rings is 1. The second kappa shape index (κ2) is 4.76. The van der Waals surface area contributed by atoms with Crippen molar-refractivity contribution in [3.63, 3.8) is 0 Å². The Labute approximate surface area is 102 Å². The van der Waals surface area contributed by atoms with Gasteiger partial charge in [-0.3, -0.25) is 4.90 Å². The van der Waals surface area contributed by atoms with Crippen molar-refractivity contribution in [2.75, 3.05) is 39.4 Å². The SMILES string of the molecule is Cn1cnc2c1CCN[C@H]2CN1CCOCC1. The lowest BCUT2D eigenvalue weighted by molar-refractivity contribution is 0.0329. The van der Waals surface area contributed by atoms with Gasteiger partial charge in [0, 0.05) is 45.3 Å². The molecule has 0 radical (unpaired) electrons. The van der Waals surface area contributed by atoms with E-state index in [-0.39, 0.29) is 0 Å². The highest BCUT2D eigenvalue weighted by Crippen LogP contribution is 2.21. The lowest BCUT2D eigenvalue weighted by Gasteiger charge is -2.32. The number of hydrogen-bond donors (Lipinski definition) is 1. The molecular weight excluding hydrogens is 216 g/mol. The lowest BCUT2D eigenvalue weighted by Crippen LogP contribution is -2.44. The van der Waals surface area contributed by atoms with E-state index in [0.717, 1.165) is 45.8 Å². The van der Waals surface area contributed by atoms with Gasteiger partial charge in [0.25, 0.3) is 0 Å². The van der Waals surface area contributed by atoms with Gasteiger partial charge in [-0.15, -0.1) is 0 Å². The van der Waals surface area contributed by atoms with Crippen molar-refractivity contribution in [1.82, 2.24) is 19.8 Å². The number of ether oxygens (including phenoxy) is 1. The van der Waals surface area contributed by atoms with E-state index in [1.165, 1.54) is 11.4 Å². The summed E-state index contributed by atoms with van der Waals surface area (Å²) in [7, 11) is 2.09. The number of aryl methyl sites for hydroxylation is 1. The van der Waals surface area contributed by atoms with E-state index in [1.54, 1.807) is 0 Å². The van der Waals surface area contributed by atoms with Gasteiger partial charge >= 0.3 is 0 Å². The smallest absolute Gasteiger partial charge is 0.0949 e. The molecule has 1 atom stereocenters. The van der Waals surface area contributed by atoms with Crippen molar-refractivity contribution in [3.05, 3.63) is 17.7 Å². The zero-order chi connectivity index (χ0) is 11.7. The molecule has 1 fully saturated rings. The van der Waals surface area contributed by atoms with Gasteiger partial charge in [-0.2, -0.15) is 0 Å². The Morgan fingerprint density at radius 2 is 2.29 bits per heavy atom. The molecule has 1 N–H and O–H groups in total. The number of fused-ring (bicyclic) bond motifs is 1. The molecule has 5 heteroatoms. The van der Waals surface area contributed by atoms with E-state index in [0.29, 0.717) is 6.04 Å². The van der Waals surface area contributed by atoms with Crippen LogP contribution in [0, 0.1) is 0 Å². The molecule has 0 amide bonds. The molecule has 2 aliphatic rings. The van der Waals surface area contributed by atoms with Gasteiger partial charge < -0.3 is 14.6 Å². The van der Waals surface area contributed by atoms with Gasteiger partial charge in [-0.1, -0.05) is 0 Å². The molecule has 3 rings (SSSR count). The number of nitrogens with one attached hydrogen (secondary N) is 1. The number of rotatable bonds is 2. The quantitative estimate of drug-likeness (QED) is 0.781. The predicted molar refractivity (Wildman–Crippen MR) is 64.9 cm³/mol. The van der Waals surface area contributed by atoms with Gasteiger partial charge in [0.2, 0.25) is 0 Å². The third-order valence-corrected chi connectivity index (χ3v) is 3.72. The van der Waals surface area contributed by atoms with Crippen LogP contribution in [0.25, 0.3) is 0 Å². The molecular formula is C12H20N4O. The predicted octanol–water partition coefficient (Wildman–Crippen LogP) is -0.0609. The maximum absolute atomic E-state index is 5.38. The highest BCUT2D eigenvalue weighted by Gasteiger charge is 2.25. The van der Waals surface area contributed by atoms with Crippen LogP contribution in [-0.4, -0.2) is 53.8 Å². The van der Waals surface area contributed by atoms with Gasteiger partial charge in [0.1, 0.15) is 0 Å². The summed E-state index contributed by atoms with van der Waals surface area (Å²) in [4.78, 5) is 7.01. The second-order valence-electron chi connectivity index (χ2n) is 4.86. The van der Waals surface area contributed by atoms with E-state index in [1.807, 2.05) is 6.33 Å². The van der Waals surface area contributed by atoms with E-state index in [4.69, 9.17) is 4.74 Å². The van der Waals surface area contributed by atoms with Gasteiger partial charge in [-0.25, -0.2) is 4.98 Å². The van der Waals surface area contributed by atoms with Crippen molar-refractivity contribution in [2.45, 2.75) is 12.5 Å². The van der Waals surface area contributed by atoms with E-state index < -0.39 is 0 Å². The highest BCUT2D eigenvalue weighted by molar-refractivity contribution is 5.21. The van der Waals surface area contributed by atoms with Crippen LogP contribution in [0.15, 0.2) is 6.33 Å². The minimum absolute atomic E-state index is 0.387. The molecule has 1 saturated heterocycles. The summed E-state index contributed by atoms with van der Waals surface area (Å²) in [5, 5.41) is 3.58. The van der Waals surface area contributed by atoms with E-state index in [9.17, 15) is 0 Å². The summed E-state index contributed by atoms with van der Waals surface area (Å²) in [5.41, 5.74) is 2.63. The molecule has 0 unspecified atom stereocenters.